The van der Waals surface area contributed by atoms with Gasteiger partial charge >= 0.3 is 0 Å². The van der Waals surface area contributed by atoms with Crippen LogP contribution in [0.25, 0.3) is 0 Å². The second-order valence-electron chi connectivity index (χ2n) is 6.64. The van der Waals surface area contributed by atoms with E-state index in [0.29, 0.717) is 37.7 Å². The molecule has 3 rings (SSSR count). The van der Waals surface area contributed by atoms with E-state index >= 15 is 0 Å². The molecule has 2 heterocycles. The summed E-state index contributed by atoms with van der Waals surface area (Å²) in [6.07, 6.45) is 2.70. The molecule has 2 aromatic rings. The van der Waals surface area contributed by atoms with Gasteiger partial charge in [0.25, 0.3) is 0 Å². The molecule has 1 fully saturated rings. The summed E-state index contributed by atoms with van der Waals surface area (Å²) in [7, 11) is 0. The first-order valence-electron chi connectivity index (χ1n) is 9.52. The molecule has 2 amide bonds. The highest BCUT2D eigenvalue weighted by molar-refractivity contribution is 7.13. The Hall–Kier alpha value is -2.29. The topological polar surface area (TPSA) is 74.8 Å². The van der Waals surface area contributed by atoms with E-state index < -0.39 is 0 Å². The summed E-state index contributed by atoms with van der Waals surface area (Å²) in [5, 5.41) is 5.11. The lowest BCUT2D eigenvalue weighted by Gasteiger charge is -2.30. The molecule has 0 atom stereocenters. The van der Waals surface area contributed by atoms with Gasteiger partial charge in [-0.2, -0.15) is 0 Å². The summed E-state index contributed by atoms with van der Waals surface area (Å²) in [6, 6.07) is 9.93. The minimum Gasteiger partial charge on any atom is -0.379 e. The number of hydrogen-bond acceptors (Lipinski definition) is 6. The molecule has 150 valence electrons. The Morgan fingerprint density at radius 1 is 1.21 bits per heavy atom. The zero-order chi connectivity index (χ0) is 19.6. The maximum absolute atomic E-state index is 12.8. The highest BCUT2D eigenvalue weighted by atomic mass is 32.1. The van der Waals surface area contributed by atoms with Crippen LogP contribution >= 0.6 is 11.3 Å². The predicted molar refractivity (Wildman–Crippen MR) is 109 cm³/mol. The smallest absolute Gasteiger partial charge is 0.245 e. The quantitative estimate of drug-likeness (QED) is 0.693. The van der Waals surface area contributed by atoms with Crippen molar-refractivity contribution in [2.75, 3.05) is 51.3 Å². The Labute approximate surface area is 169 Å². The zero-order valence-corrected chi connectivity index (χ0v) is 16.7. The van der Waals surface area contributed by atoms with E-state index in [1.54, 1.807) is 16.5 Å². The van der Waals surface area contributed by atoms with E-state index in [-0.39, 0.29) is 18.4 Å². The molecule has 1 aliphatic heterocycles. The summed E-state index contributed by atoms with van der Waals surface area (Å²) < 4.78 is 5.37. The molecule has 0 bridgehead atoms. The molecule has 0 radical (unpaired) electrons. The molecule has 28 heavy (non-hydrogen) atoms. The van der Waals surface area contributed by atoms with E-state index in [2.05, 4.69) is 15.2 Å². The van der Waals surface area contributed by atoms with Gasteiger partial charge in [-0.3, -0.25) is 14.5 Å². The Kier molecular flexibility index (Phi) is 7.95. The number of benzene rings is 1. The average molecular weight is 403 g/mol. The molecule has 1 N–H and O–H groups in total. The summed E-state index contributed by atoms with van der Waals surface area (Å²) in [5.41, 5.74) is 1.12. The van der Waals surface area contributed by atoms with Gasteiger partial charge in [0.15, 0.2) is 5.13 Å². The number of rotatable bonds is 9. The highest BCUT2D eigenvalue weighted by Crippen LogP contribution is 2.11. The number of nitrogens with one attached hydrogen (secondary N) is 1. The molecule has 8 heteroatoms. The lowest BCUT2D eigenvalue weighted by atomic mass is 10.1. The fourth-order valence-corrected chi connectivity index (χ4v) is 3.60. The van der Waals surface area contributed by atoms with Crippen molar-refractivity contribution in [1.82, 2.24) is 14.8 Å². The van der Waals surface area contributed by atoms with Crippen LogP contribution < -0.4 is 5.32 Å². The molecule has 0 saturated carbocycles. The van der Waals surface area contributed by atoms with E-state index in [9.17, 15) is 9.59 Å². The first kappa shape index (κ1) is 20.4. The predicted octanol–water partition coefficient (Wildman–Crippen LogP) is 1.88. The van der Waals surface area contributed by atoms with E-state index in [1.165, 1.54) is 11.3 Å². The average Bonchev–Trinajstić information content (AvgIpc) is 3.23. The molecule has 1 saturated heterocycles. The van der Waals surface area contributed by atoms with Crippen LogP contribution in [0, 0.1) is 0 Å². The van der Waals surface area contributed by atoms with Gasteiger partial charge in [-0.1, -0.05) is 30.3 Å². The zero-order valence-electron chi connectivity index (χ0n) is 15.9. The second kappa shape index (κ2) is 10.9. The van der Waals surface area contributed by atoms with Gasteiger partial charge in [-0.05, 0) is 12.0 Å². The third-order valence-electron chi connectivity index (χ3n) is 4.63. The number of carbonyl (C=O) groups excluding carboxylic acids is 2. The van der Waals surface area contributed by atoms with Gasteiger partial charge in [-0.25, -0.2) is 4.98 Å². The fraction of sp³-hybridized carbons (Fsp3) is 0.450. The van der Waals surface area contributed by atoms with Crippen LogP contribution in [0.3, 0.4) is 0 Å². The first-order valence-corrected chi connectivity index (χ1v) is 10.4. The molecule has 1 aromatic heterocycles. The number of aryl methyl sites for hydroxylation is 1. The van der Waals surface area contributed by atoms with Crippen molar-refractivity contribution in [3.63, 3.8) is 0 Å². The Bertz CT molecular complexity index is 733. The summed E-state index contributed by atoms with van der Waals surface area (Å²) in [5.74, 6) is -0.226. The lowest BCUT2D eigenvalue weighted by molar-refractivity contribution is -0.135. The van der Waals surface area contributed by atoms with Crippen molar-refractivity contribution in [1.29, 1.82) is 0 Å². The van der Waals surface area contributed by atoms with Crippen molar-refractivity contribution < 1.29 is 14.3 Å². The van der Waals surface area contributed by atoms with Gasteiger partial charge in [0, 0.05) is 44.2 Å². The van der Waals surface area contributed by atoms with E-state index in [0.717, 1.165) is 25.2 Å². The normalized spacial score (nSPS) is 14.6. The molecular weight excluding hydrogens is 376 g/mol. The molecule has 0 spiro atoms. The molecule has 0 unspecified atom stereocenters. The summed E-state index contributed by atoms with van der Waals surface area (Å²) in [6.45, 7) is 4.45. The second-order valence-corrected chi connectivity index (χ2v) is 7.53. The standard InChI is InChI=1S/C20H26N4O3S/c25-18(22-20-21-8-15-28-20)16-24(10-9-23-11-13-27-14-12-23)19(26)7-6-17-4-2-1-3-5-17/h1-5,8,15H,6-7,9-14,16H2,(H,21,22,25). The van der Waals surface area contributed by atoms with Gasteiger partial charge in [0.05, 0.1) is 19.8 Å². The third-order valence-corrected chi connectivity index (χ3v) is 5.31. The van der Waals surface area contributed by atoms with Crippen LogP contribution in [-0.4, -0.2) is 72.5 Å². The highest BCUT2D eigenvalue weighted by Gasteiger charge is 2.19. The Morgan fingerprint density at radius 2 is 2.00 bits per heavy atom. The van der Waals surface area contributed by atoms with Gasteiger partial charge in [0.1, 0.15) is 0 Å². The lowest BCUT2D eigenvalue weighted by Crippen LogP contribution is -2.45. The molecule has 1 aromatic carbocycles. The number of ether oxygens (including phenoxy) is 1. The first-order chi connectivity index (χ1) is 13.7. The third kappa shape index (κ3) is 6.70. The Morgan fingerprint density at radius 3 is 2.71 bits per heavy atom. The number of aromatic nitrogens is 1. The maximum Gasteiger partial charge on any atom is 0.245 e. The molecule has 1 aliphatic rings. The van der Waals surface area contributed by atoms with Crippen molar-refractivity contribution in [3.05, 3.63) is 47.5 Å². The van der Waals surface area contributed by atoms with Crippen molar-refractivity contribution in [2.24, 2.45) is 0 Å². The van der Waals surface area contributed by atoms with E-state index in [1.807, 2.05) is 30.3 Å². The molecular formula is C20H26N4O3S. The van der Waals surface area contributed by atoms with Crippen LogP contribution in [0.4, 0.5) is 5.13 Å². The number of anilines is 1. The van der Waals surface area contributed by atoms with Gasteiger partial charge in [-0.15, -0.1) is 11.3 Å². The van der Waals surface area contributed by atoms with Crippen LogP contribution in [0.2, 0.25) is 0 Å². The Balaban J connectivity index is 1.55. The number of carbonyl (C=O) groups is 2. The minimum atomic E-state index is -0.218. The molecule has 7 nitrogen and oxygen atoms in total. The van der Waals surface area contributed by atoms with Crippen molar-refractivity contribution in [3.8, 4) is 0 Å². The minimum absolute atomic E-state index is 0.00796. The largest absolute Gasteiger partial charge is 0.379 e. The SMILES string of the molecule is O=C(CN(CCN1CCOCC1)C(=O)CCc1ccccc1)Nc1nccs1. The van der Waals surface area contributed by atoms with Crippen molar-refractivity contribution >= 4 is 28.3 Å². The van der Waals surface area contributed by atoms with Gasteiger partial charge < -0.3 is 15.0 Å². The molecule has 0 aliphatic carbocycles. The number of nitrogens with zero attached hydrogens (tertiary/aromatic N) is 3. The summed E-state index contributed by atoms with van der Waals surface area (Å²) in [4.78, 5) is 33.2. The maximum atomic E-state index is 12.8. The monoisotopic (exact) mass is 402 g/mol. The van der Waals surface area contributed by atoms with Crippen LogP contribution in [0.1, 0.15) is 12.0 Å². The number of amides is 2. The van der Waals surface area contributed by atoms with Crippen LogP contribution in [0.5, 0.6) is 0 Å². The van der Waals surface area contributed by atoms with Crippen LogP contribution in [0.15, 0.2) is 41.9 Å². The number of thiazole rings is 1. The van der Waals surface area contributed by atoms with E-state index in [4.69, 9.17) is 4.74 Å². The number of morpholine rings is 1. The summed E-state index contributed by atoms with van der Waals surface area (Å²) >= 11 is 1.36. The number of hydrogen-bond donors (Lipinski definition) is 1. The van der Waals surface area contributed by atoms with Gasteiger partial charge in [0.2, 0.25) is 11.8 Å². The van der Waals surface area contributed by atoms with Crippen molar-refractivity contribution in [2.45, 2.75) is 12.8 Å². The fourth-order valence-electron chi connectivity index (χ4n) is 3.05. The van der Waals surface area contributed by atoms with Crippen LogP contribution in [-0.2, 0) is 20.7 Å².